The predicted molar refractivity (Wildman–Crippen MR) is 95.9 cm³/mol. The summed E-state index contributed by atoms with van der Waals surface area (Å²) in [4.78, 5) is 6.08. The Balaban J connectivity index is 1.55. The quantitative estimate of drug-likeness (QED) is 0.677. The molecule has 0 saturated carbocycles. The van der Waals surface area contributed by atoms with E-state index in [2.05, 4.69) is 35.8 Å². The van der Waals surface area contributed by atoms with Crippen molar-refractivity contribution in [2.45, 2.75) is 24.6 Å². The lowest BCUT2D eigenvalue weighted by atomic mass is 10.1. The molecule has 1 aromatic carbocycles. The zero-order valence-electron chi connectivity index (χ0n) is 12.9. The minimum Gasteiger partial charge on any atom is -0.368 e. The lowest BCUT2D eigenvalue weighted by Gasteiger charge is -2.31. The smallest absolute Gasteiger partial charge is 0.246 e. The average Bonchev–Trinajstić information content (AvgIpc) is 2.93. The number of anilines is 2. The molecule has 1 saturated heterocycles. The fourth-order valence-corrected chi connectivity index (χ4v) is 4.64. The maximum Gasteiger partial charge on any atom is 0.246 e. The highest BCUT2D eigenvalue weighted by Gasteiger charge is 2.25. The van der Waals surface area contributed by atoms with Crippen molar-refractivity contribution in [3.05, 3.63) is 34.3 Å². The number of halogens is 1. The van der Waals surface area contributed by atoms with Crippen LogP contribution >= 0.6 is 15.9 Å². The van der Waals surface area contributed by atoms with E-state index in [9.17, 15) is 8.42 Å². The van der Waals surface area contributed by atoms with Gasteiger partial charge in [-0.15, -0.1) is 5.10 Å². The van der Waals surface area contributed by atoms with Gasteiger partial charge < -0.3 is 10.6 Å². The number of sulfonamides is 1. The summed E-state index contributed by atoms with van der Waals surface area (Å²) in [6.45, 7) is 1.36. The molecule has 1 fully saturated rings. The number of H-pyrrole nitrogens is 1. The van der Waals surface area contributed by atoms with Crippen molar-refractivity contribution in [2.75, 3.05) is 23.7 Å². The summed E-state index contributed by atoms with van der Waals surface area (Å²) in [6.07, 6.45) is 1.40. The van der Waals surface area contributed by atoms with Crippen molar-refractivity contribution in [3.63, 3.8) is 0 Å². The molecule has 1 aliphatic heterocycles. The number of nitrogens with zero attached hydrogens (tertiary/aromatic N) is 3. The van der Waals surface area contributed by atoms with Crippen molar-refractivity contribution in [3.8, 4) is 0 Å². The lowest BCUT2D eigenvalue weighted by Crippen LogP contribution is -2.45. The molecular formula is C14H19BrN6O2S. The van der Waals surface area contributed by atoms with Gasteiger partial charge in [-0.05, 0) is 30.5 Å². The third-order valence-electron chi connectivity index (χ3n) is 3.86. The van der Waals surface area contributed by atoms with Gasteiger partial charge in [0.2, 0.25) is 21.9 Å². The normalized spacial score (nSPS) is 16.5. The first-order valence-electron chi connectivity index (χ1n) is 7.58. The van der Waals surface area contributed by atoms with E-state index in [1.165, 1.54) is 0 Å². The number of hydrogen-bond donors (Lipinski definition) is 3. The molecular weight excluding hydrogens is 396 g/mol. The highest BCUT2D eigenvalue weighted by Crippen LogP contribution is 2.18. The second-order valence-corrected chi connectivity index (χ2v) is 8.46. The fourth-order valence-electron chi connectivity index (χ4n) is 2.75. The largest absolute Gasteiger partial charge is 0.368 e. The number of hydrogen-bond acceptors (Lipinski definition) is 6. The van der Waals surface area contributed by atoms with Crippen LogP contribution in [0.25, 0.3) is 0 Å². The summed E-state index contributed by atoms with van der Waals surface area (Å²) in [5.74, 6) is 0.814. The van der Waals surface area contributed by atoms with Crippen molar-refractivity contribution >= 4 is 37.8 Å². The van der Waals surface area contributed by atoms with Gasteiger partial charge in [-0.3, -0.25) is 0 Å². The first-order chi connectivity index (χ1) is 11.4. The van der Waals surface area contributed by atoms with Gasteiger partial charge >= 0.3 is 0 Å². The first kappa shape index (κ1) is 17.2. The molecule has 130 valence electrons. The topological polar surface area (TPSA) is 117 Å². The molecule has 0 atom stereocenters. The number of piperidine rings is 1. The molecule has 0 spiro atoms. The minimum absolute atomic E-state index is 0.0237. The third kappa shape index (κ3) is 4.46. The second kappa shape index (κ2) is 7.08. The van der Waals surface area contributed by atoms with Crippen molar-refractivity contribution in [1.29, 1.82) is 0 Å². The maximum absolute atomic E-state index is 12.3. The Hall–Kier alpha value is -1.65. The van der Waals surface area contributed by atoms with Crippen molar-refractivity contribution in [2.24, 2.45) is 0 Å². The third-order valence-corrected chi connectivity index (χ3v) is 5.76. The molecule has 2 heterocycles. The number of rotatable bonds is 5. The van der Waals surface area contributed by atoms with Crippen molar-refractivity contribution in [1.82, 2.24) is 19.9 Å². The highest BCUT2D eigenvalue weighted by molar-refractivity contribution is 9.10. The van der Waals surface area contributed by atoms with Crippen LogP contribution in [0.4, 0.5) is 11.9 Å². The molecule has 10 heteroatoms. The zero-order chi connectivity index (χ0) is 17.2. The van der Waals surface area contributed by atoms with Crippen molar-refractivity contribution < 1.29 is 8.42 Å². The van der Waals surface area contributed by atoms with Crippen LogP contribution in [0.1, 0.15) is 18.4 Å². The molecule has 0 unspecified atom stereocenters. The van der Waals surface area contributed by atoms with Gasteiger partial charge in [-0.1, -0.05) is 28.1 Å². The summed E-state index contributed by atoms with van der Waals surface area (Å²) >= 11 is 3.35. The van der Waals surface area contributed by atoms with Crippen LogP contribution in [0.2, 0.25) is 0 Å². The molecule has 1 aromatic heterocycles. The molecule has 8 nitrogen and oxygen atoms in total. The van der Waals surface area contributed by atoms with Gasteiger partial charge in [0.25, 0.3) is 0 Å². The average molecular weight is 415 g/mol. The van der Waals surface area contributed by atoms with E-state index in [1.807, 2.05) is 23.1 Å². The molecule has 2 aromatic rings. The summed E-state index contributed by atoms with van der Waals surface area (Å²) in [5.41, 5.74) is 6.28. The number of nitrogen functional groups attached to an aromatic ring is 1. The van der Waals surface area contributed by atoms with Gasteiger partial charge in [0, 0.05) is 23.6 Å². The van der Waals surface area contributed by atoms with E-state index in [-0.39, 0.29) is 17.7 Å². The number of nitrogens with one attached hydrogen (secondary N) is 2. The summed E-state index contributed by atoms with van der Waals surface area (Å²) in [7, 11) is -3.38. The van der Waals surface area contributed by atoms with E-state index >= 15 is 0 Å². The Morgan fingerprint density at radius 2 is 2.12 bits per heavy atom. The van der Waals surface area contributed by atoms with Gasteiger partial charge in [0.05, 0.1) is 5.75 Å². The van der Waals surface area contributed by atoms with Crippen LogP contribution < -0.4 is 15.4 Å². The van der Waals surface area contributed by atoms with Gasteiger partial charge in [0.15, 0.2) is 0 Å². The number of benzene rings is 1. The zero-order valence-corrected chi connectivity index (χ0v) is 15.3. The molecule has 0 radical (unpaired) electrons. The van der Waals surface area contributed by atoms with Crippen LogP contribution in [0.15, 0.2) is 28.7 Å². The molecule has 0 bridgehead atoms. The van der Waals surface area contributed by atoms with Crippen LogP contribution in [-0.4, -0.2) is 42.7 Å². The van der Waals surface area contributed by atoms with Gasteiger partial charge in [0.1, 0.15) is 0 Å². The van der Waals surface area contributed by atoms with Crippen LogP contribution in [0.5, 0.6) is 0 Å². The molecule has 3 rings (SSSR count). The number of aromatic nitrogens is 3. The lowest BCUT2D eigenvalue weighted by molar-refractivity contribution is 0.456. The van der Waals surface area contributed by atoms with Crippen LogP contribution in [-0.2, 0) is 15.8 Å². The number of nitrogens with two attached hydrogens (primary N) is 1. The van der Waals surface area contributed by atoms with Gasteiger partial charge in [-0.25, -0.2) is 18.2 Å². The molecule has 24 heavy (non-hydrogen) atoms. The van der Waals surface area contributed by atoms with E-state index < -0.39 is 10.0 Å². The second-order valence-electron chi connectivity index (χ2n) is 5.79. The molecule has 1 aliphatic rings. The minimum atomic E-state index is -3.38. The Kier molecular flexibility index (Phi) is 5.07. The predicted octanol–water partition coefficient (Wildman–Crippen LogP) is 1.24. The Labute approximate surface area is 149 Å². The van der Waals surface area contributed by atoms with Gasteiger partial charge in [-0.2, -0.15) is 4.98 Å². The first-order valence-corrected chi connectivity index (χ1v) is 10.0. The Bertz CT molecular complexity index is 801. The fraction of sp³-hybridized carbons (Fsp3) is 0.429. The molecule has 0 amide bonds. The SMILES string of the molecule is Nc1nc(N2CCC(NS(=O)(=O)Cc3cccc(Br)c3)CC2)n[nH]1. The summed E-state index contributed by atoms with van der Waals surface area (Å²) in [6, 6.07) is 7.25. The van der Waals surface area contributed by atoms with E-state index in [1.54, 1.807) is 6.07 Å². The van der Waals surface area contributed by atoms with Crippen LogP contribution in [0.3, 0.4) is 0 Å². The Morgan fingerprint density at radius 1 is 1.38 bits per heavy atom. The van der Waals surface area contributed by atoms with E-state index in [4.69, 9.17) is 5.73 Å². The van der Waals surface area contributed by atoms with E-state index in [0.29, 0.717) is 31.9 Å². The highest BCUT2D eigenvalue weighted by atomic mass is 79.9. The summed E-state index contributed by atoms with van der Waals surface area (Å²) < 4.78 is 28.4. The monoisotopic (exact) mass is 414 g/mol. The molecule has 4 N–H and O–H groups in total. The van der Waals surface area contributed by atoms with Crippen LogP contribution in [0, 0.1) is 0 Å². The number of aromatic amines is 1. The summed E-state index contributed by atoms with van der Waals surface area (Å²) in [5, 5.41) is 6.63. The standard InChI is InChI=1S/C14H19BrN6O2S/c15-11-3-1-2-10(8-11)9-24(22,23)20-12-4-6-21(7-5-12)14-17-13(16)18-19-14/h1-3,8,12,20H,4-7,9H2,(H3,16,17,18,19). The molecule has 0 aliphatic carbocycles. The maximum atomic E-state index is 12.3. The van der Waals surface area contributed by atoms with E-state index in [0.717, 1.165) is 10.0 Å². The Morgan fingerprint density at radius 3 is 2.75 bits per heavy atom.